The average Bonchev–Trinajstić information content (AvgIpc) is 3.35. The number of carbonyl (C=O) groups excluding carboxylic acids is 1. The first kappa shape index (κ1) is 19.9. The Bertz CT molecular complexity index is 1250. The largest absolute Gasteiger partial charge is 0.366 e. The van der Waals surface area contributed by atoms with Crippen molar-refractivity contribution in [3.05, 3.63) is 83.2 Å². The summed E-state index contributed by atoms with van der Waals surface area (Å²) >= 11 is 0. The van der Waals surface area contributed by atoms with Gasteiger partial charge in [0.05, 0.1) is 23.4 Å². The van der Waals surface area contributed by atoms with Gasteiger partial charge in [-0.15, -0.1) is 0 Å². The first-order valence-corrected chi connectivity index (χ1v) is 9.64. The minimum absolute atomic E-state index is 0.304. The highest BCUT2D eigenvalue weighted by atomic mass is 16.5. The Kier molecular flexibility index (Phi) is 5.49. The number of aryl methyl sites for hydroxylation is 2. The number of nitriles is 1. The molecule has 4 rings (SSSR count). The van der Waals surface area contributed by atoms with E-state index in [1.165, 1.54) is 0 Å². The average molecular weight is 412 g/mol. The van der Waals surface area contributed by atoms with E-state index in [0.717, 1.165) is 5.56 Å². The summed E-state index contributed by atoms with van der Waals surface area (Å²) in [4.78, 5) is 13.0. The van der Waals surface area contributed by atoms with Crippen LogP contribution in [-0.4, -0.2) is 20.8 Å². The molecule has 0 radical (unpaired) electrons. The van der Waals surface area contributed by atoms with E-state index < -0.39 is 0 Å². The summed E-state index contributed by atoms with van der Waals surface area (Å²) in [6, 6.07) is 18.6. The number of anilines is 2. The number of hydrogen-bond acceptors (Lipinski definition) is 6. The second kappa shape index (κ2) is 8.55. The molecule has 0 aliphatic heterocycles. The highest BCUT2D eigenvalue weighted by Crippen LogP contribution is 2.32. The van der Waals surface area contributed by atoms with Crippen molar-refractivity contribution in [1.29, 1.82) is 5.26 Å². The minimum atomic E-state index is -0.304. The van der Waals surface area contributed by atoms with Crippen molar-refractivity contribution >= 4 is 17.4 Å². The van der Waals surface area contributed by atoms with Crippen LogP contribution < -0.4 is 10.6 Å². The van der Waals surface area contributed by atoms with E-state index in [9.17, 15) is 4.79 Å². The molecule has 2 aromatic carbocycles. The number of hydrogen-bond donors (Lipinski definition) is 2. The van der Waals surface area contributed by atoms with Crippen LogP contribution in [0.15, 0.2) is 65.3 Å². The summed E-state index contributed by atoms with van der Waals surface area (Å²) in [7, 11) is 1.81. The molecule has 0 unspecified atom stereocenters. The molecule has 0 saturated carbocycles. The number of rotatable bonds is 6. The van der Waals surface area contributed by atoms with Gasteiger partial charge in [-0.2, -0.15) is 10.4 Å². The predicted octanol–water partition coefficient (Wildman–Crippen LogP) is 4.12. The Labute approximate surface area is 179 Å². The van der Waals surface area contributed by atoms with Gasteiger partial charge in [-0.25, -0.2) is 0 Å². The highest BCUT2D eigenvalue weighted by molar-refractivity contribution is 6.09. The molecule has 0 atom stereocenters. The van der Waals surface area contributed by atoms with Crippen LogP contribution in [0.25, 0.3) is 11.3 Å². The quantitative estimate of drug-likeness (QED) is 0.493. The number of aromatic nitrogens is 3. The lowest BCUT2D eigenvalue weighted by molar-refractivity contribution is 0.102. The molecule has 0 saturated heterocycles. The third-order valence-electron chi connectivity index (χ3n) is 4.86. The molecule has 8 nitrogen and oxygen atoms in total. The molecule has 0 aliphatic carbocycles. The van der Waals surface area contributed by atoms with Crippen molar-refractivity contribution in [2.75, 3.05) is 10.6 Å². The Morgan fingerprint density at radius 2 is 1.90 bits per heavy atom. The smallest absolute Gasteiger partial charge is 0.261 e. The van der Waals surface area contributed by atoms with Gasteiger partial charge in [0.2, 0.25) is 0 Å². The molecule has 0 fully saturated rings. The monoisotopic (exact) mass is 412 g/mol. The van der Waals surface area contributed by atoms with Crippen molar-refractivity contribution in [3.63, 3.8) is 0 Å². The summed E-state index contributed by atoms with van der Waals surface area (Å²) in [5, 5.41) is 23.6. The number of para-hydroxylation sites is 1. The van der Waals surface area contributed by atoms with Gasteiger partial charge in [0.15, 0.2) is 0 Å². The fourth-order valence-electron chi connectivity index (χ4n) is 3.24. The first-order valence-electron chi connectivity index (χ1n) is 9.64. The van der Waals surface area contributed by atoms with Crippen LogP contribution in [0, 0.1) is 18.3 Å². The maximum absolute atomic E-state index is 13.0. The zero-order valence-electron chi connectivity index (χ0n) is 17.1. The van der Waals surface area contributed by atoms with Gasteiger partial charge in [-0.05, 0) is 36.8 Å². The summed E-state index contributed by atoms with van der Waals surface area (Å²) in [6.07, 6.45) is 1.65. The molecule has 154 valence electrons. The molecule has 2 aromatic heterocycles. The molecule has 1 amide bonds. The van der Waals surface area contributed by atoms with E-state index in [1.807, 2.05) is 42.5 Å². The van der Waals surface area contributed by atoms with Gasteiger partial charge in [0.25, 0.3) is 5.91 Å². The maximum atomic E-state index is 13.0. The van der Waals surface area contributed by atoms with E-state index in [-0.39, 0.29) is 5.91 Å². The molecule has 2 heterocycles. The first-order chi connectivity index (χ1) is 15.1. The number of benzene rings is 2. The van der Waals surface area contributed by atoms with E-state index >= 15 is 0 Å². The molecule has 0 aliphatic rings. The van der Waals surface area contributed by atoms with E-state index in [4.69, 9.17) is 9.78 Å². The summed E-state index contributed by atoms with van der Waals surface area (Å²) in [5.74, 6) is 0.818. The van der Waals surface area contributed by atoms with E-state index in [1.54, 1.807) is 37.0 Å². The molecule has 0 spiro atoms. The molecular formula is C23H20N6O2. The Hall–Kier alpha value is -4.38. The number of nitrogens with one attached hydrogen (secondary N) is 2. The lowest BCUT2D eigenvalue weighted by Crippen LogP contribution is -2.13. The van der Waals surface area contributed by atoms with Crippen LogP contribution in [0.3, 0.4) is 0 Å². The van der Waals surface area contributed by atoms with Crippen LogP contribution in [-0.2, 0) is 13.6 Å². The summed E-state index contributed by atoms with van der Waals surface area (Å²) in [5.41, 5.74) is 3.73. The van der Waals surface area contributed by atoms with Crippen LogP contribution in [0.2, 0.25) is 0 Å². The number of nitrogens with zero attached hydrogens (tertiary/aromatic N) is 4. The molecule has 2 N–H and O–H groups in total. The third kappa shape index (κ3) is 4.16. The molecule has 31 heavy (non-hydrogen) atoms. The zero-order valence-corrected chi connectivity index (χ0v) is 17.1. The molecular weight excluding hydrogens is 392 g/mol. The predicted molar refractivity (Wildman–Crippen MR) is 116 cm³/mol. The number of carbonyl (C=O) groups is 1. The lowest BCUT2D eigenvalue weighted by atomic mass is 10.1. The SMILES string of the molecule is Cc1onc(-c2cnn(C)c2NCc2ccc(C#N)cc2)c1C(=O)Nc1ccccc1. The molecule has 4 aromatic rings. The topological polar surface area (TPSA) is 109 Å². The van der Waals surface area contributed by atoms with Gasteiger partial charge in [0.1, 0.15) is 22.8 Å². The summed E-state index contributed by atoms with van der Waals surface area (Å²) in [6.45, 7) is 2.22. The fourth-order valence-corrected chi connectivity index (χ4v) is 3.24. The van der Waals surface area contributed by atoms with Crippen molar-refractivity contribution in [2.24, 2.45) is 7.05 Å². The lowest BCUT2D eigenvalue weighted by Gasteiger charge is -2.10. The van der Waals surface area contributed by atoms with Crippen LogP contribution in [0.4, 0.5) is 11.5 Å². The molecule has 8 heteroatoms. The fraction of sp³-hybridized carbons (Fsp3) is 0.130. The zero-order chi connectivity index (χ0) is 21.8. The van der Waals surface area contributed by atoms with Crippen molar-refractivity contribution in [2.45, 2.75) is 13.5 Å². The van der Waals surface area contributed by atoms with Gasteiger partial charge in [-0.1, -0.05) is 35.5 Å². The normalized spacial score (nSPS) is 10.5. The van der Waals surface area contributed by atoms with Crippen molar-refractivity contribution in [1.82, 2.24) is 14.9 Å². The standard InChI is InChI=1S/C23H20N6O2/c1-15-20(23(30)27-18-6-4-3-5-7-18)21(28-31-15)19-14-26-29(2)22(19)25-13-17-10-8-16(12-24)9-11-17/h3-11,14,25H,13H2,1-2H3,(H,27,30). The number of amides is 1. The van der Waals surface area contributed by atoms with Gasteiger partial charge >= 0.3 is 0 Å². The second-order valence-corrected chi connectivity index (χ2v) is 6.98. The third-order valence-corrected chi connectivity index (χ3v) is 4.86. The Balaban J connectivity index is 1.61. The van der Waals surface area contributed by atoms with Crippen LogP contribution in [0.5, 0.6) is 0 Å². The van der Waals surface area contributed by atoms with Crippen molar-refractivity contribution in [3.8, 4) is 17.3 Å². The van der Waals surface area contributed by atoms with Gasteiger partial charge in [0, 0.05) is 19.3 Å². The minimum Gasteiger partial charge on any atom is -0.366 e. The van der Waals surface area contributed by atoms with E-state index in [0.29, 0.717) is 46.2 Å². The summed E-state index contributed by atoms with van der Waals surface area (Å²) < 4.78 is 7.04. The second-order valence-electron chi connectivity index (χ2n) is 6.98. The van der Waals surface area contributed by atoms with Crippen LogP contribution >= 0.6 is 0 Å². The van der Waals surface area contributed by atoms with Gasteiger partial charge < -0.3 is 15.2 Å². The molecule has 0 bridgehead atoms. The Morgan fingerprint density at radius 3 is 2.61 bits per heavy atom. The van der Waals surface area contributed by atoms with Crippen LogP contribution in [0.1, 0.15) is 27.2 Å². The van der Waals surface area contributed by atoms with Gasteiger partial charge in [-0.3, -0.25) is 9.48 Å². The van der Waals surface area contributed by atoms with E-state index in [2.05, 4.69) is 27.0 Å². The maximum Gasteiger partial charge on any atom is 0.261 e. The van der Waals surface area contributed by atoms with Crippen molar-refractivity contribution < 1.29 is 9.32 Å². The highest BCUT2D eigenvalue weighted by Gasteiger charge is 2.25. The Morgan fingerprint density at radius 1 is 1.16 bits per heavy atom.